The first-order valence-electron chi connectivity index (χ1n) is 5.82. The second-order valence-corrected chi connectivity index (χ2v) is 8.09. The summed E-state index contributed by atoms with van der Waals surface area (Å²) in [6.45, 7) is 1.85. The van der Waals surface area contributed by atoms with E-state index >= 15 is 0 Å². The standard InChI is InChI=1S/C13H8BrClN2S2/c14-12-11(17-5-4-16-13(17)19-12)10-6-7-8(15)2-1-3-9(7)18-10/h1-3,6H,4-5H2. The highest BCUT2D eigenvalue weighted by atomic mass is 79.9. The third kappa shape index (κ3) is 1.87. The second-order valence-electron chi connectivity index (χ2n) is 4.30. The quantitative estimate of drug-likeness (QED) is 0.701. The summed E-state index contributed by atoms with van der Waals surface area (Å²) in [6, 6.07) is 8.24. The summed E-state index contributed by atoms with van der Waals surface area (Å²) in [5.41, 5.74) is 1.23. The third-order valence-corrected chi connectivity index (χ3v) is 6.38. The van der Waals surface area contributed by atoms with E-state index in [1.54, 1.807) is 23.1 Å². The Kier molecular flexibility index (Phi) is 2.92. The van der Waals surface area contributed by atoms with Gasteiger partial charge in [0.25, 0.3) is 0 Å². The number of hydrogen-bond acceptors (Lipinski definition) is 4. The van der Waals surface area contributed by atoms with Gasteiger partial charge in [0.15, 0.2) is 5.17 Å². The molecule has 0 atom stereocenters. The van der Waals surface area contributed by atoms with Crippen molar-refractivity contribution in [3.63, 3.8) is 0 Å². The van der Waals surface area contributed by atoms with E-state index in [2.05, 4.69) is 38.0 Å². The van der Waals surface area contributed by atoms with Crippen molar-refractivity contribution >= 4 is 71.6 Å². The van der Waals surface area contributed by atoms with Crippen molar-refractivity contribution in [2.24, 2.45) is 4.99 Å². The Bertz CT molecular complexity index is 750. The van der Waals surface area contributed by atoms with Gasteiger partial charge < -0.3 is 4.90 Å². The van der Waals surface area contributed by atoms with Gasteiger partial charge in [-0.15, -0.1) is 11.3 Å². The topological polar surface area (TPSA) is 15.6 Å². The number of thioether (sulfide) groups is 1. The summed E-state index contributed by atoms with van der Waals surface area (Å²) in [5.74, 6) is 0. The monoisotopic (exact) mass is 370 g/mol. The molecule has 1 aromatic heterocycles. The van der Waals surface area contributed by atoms with Gasteiger partial charge in [-0.2, -0.15) is 0 Å². The Hall–Kier alpha value is -0.490. The molecule has 0 radical (unpaired) electrons. The van der Waals surface area contributed by atoms with Crippen LogP contribution in [-0.4, -0.2) is 23.2 Å². The molecule has 2 aromatic rings. The number of aliphatic imine (C=N–C) groups is 1. The van der Waals surface area contributed by atoms with E-state index in [9.17, 15) is 0 Å². The largest absolute Gasteiger partial charge is 0.316 e. The number of amidine groups is 1. The van der Waals surface area contributed by atoms with Gasteiger partial charge in [-0.25, -0.2) is 0 Å². The summed E-state index contributed by atoms with van der Waals surface area (Å²) in [6.07, 6.45) is 0. The lowest BCUT2D eigenvalue weighted by molar-refractivity contribution is 0.651. The summed E-state index contributed by atoms with van der Waals surface area (Å²) >= 11 is 13.4. The van der Waals surface area contributed by atoms with Gasteiger partial charge in [-0.05, 0) is 45.9 Å². The summed E-state index contributed by atoms with van der Waals surface area (Å²) in [4.78, 5) is 8.04. The van der Waals surface area contributed by atoms with Crippen LogP contribution in [0.25, 0.3) is 15.8 Å². The zero-order chi connectivity index (χ0) is 13.0. The molecule has 0 spiro atoms. The van der Waals surface area contributed by atoms with E-state index < -0.39 is 0 Å². The zero-order valence-corrected chi connectivity index (χ0v) is 13.7. The maximum Gasteiger partial charge on any atom is 0.169 e. The third-order valence-electron chi connectivity index (χ3n) is 3.18. The fourth-order valence-corrected chi connectivity index (χ4v) is 5.74. The van der Waals surface area contributed by atoms with E-state index in [1.165, 1.54) is 15.3 Å². The number of nitrogens with zero attached hydrogens (tertiary/aromatic N) is 2. The van der Waals surface area contributed by atoms with E-state index in [-0.39, 0.29) is 0 Å². The SMILES string of the molecule is Clc1cccc2sc(C3=C(Br)SC4=NCCN43)cc12. The fourth-order valence-electron chi connectivity index (χ4n) is 2.33. The van der Waals surface area contributed by atoms with E-state index in [4.69, 9.17) is 11.6 Å². The first kappa shape index (κ1) is 12.3. The van der Waals surface area contributed by atoms with Crippen LogP contribution in [-0.2, 0) is 0 Å². The highest BCUT2D eigenvalue weighted by Crippen LogP contribution is 2.47. The molecule has 0 N–H and O–H groups in total. The number of benzene rings is 1. The molecular formula is C13H8BrClN2S2. The minimum absolute atomic E-state index is 0.817. The van der Waals surface area contributed by atoms with Gasteiger partial charge in [0.1, 0.15) is 0 Å². The van der Waals surface area contributed by atoms with E-state index in [0.29, 0.717) is 0 Å². The molecule has 0 saturated carbocycles. The van der Waals surface area contributed by atoms with Crippen molar-refractivity contribution in [3.8, 4) is 0 Å². The maximum absolute atomic E-state index is 6.26. The van der Waals surface area contributed by atoms with Crippen molar-refractivity contribution in [1.82, 2.24) is 4.90 Å². The first-order valence-corrected chi connectivity index (χ1v) is 8.62. The Morgan fingerprint density at radius 2 is 2.26 bits per heavy atom. The van der Waals surface area contributed by atoms with Gasteiger partial charge in [-0.3, -0.25) is 4.99 Å². The number of halogens is 2. The molecule has 19 heavy (non-hydrogen) atoms. The molecule has 0 unspecified atom stereocenters. The fraction of sp³-hybridized carbons (Fsp3) is 0.154. The number of rotatable bonds is 1. The van der Waals surface area contributed by atoms with Crippen molar-refractivity contribution in [2.45, 2.75) is 0 Å². The minimum Gasteiger partial charge on any atom is -0.316 e. The molecule has 0 amide bonds. The van der Waals surface area contributed by atoms with Gasteiger partial charge in [-0.1, -0.05) is 17.7 Å². The lowest BCUT2D eigenvalue weighted by Crippen LogP contribution is -2.19. The van der Waals surface area contributed by atoms with Crippen molar-refractivity contribution in [3.05, 3.63) is 38.0 Å². The van der Waals surface area contributed by atoms with Crippen molar-refractivity contribution in [2.75, 3.05) is 13.1 Å². The maximum atomic E-state index is 6.26. The molecule has 96 valence electrons. The molecule has 2 aliphatic heterocycles. The van der Waals surface area contributed by atoms with Crippen LogP contribution >= 0.6 is 50.6 Å². The molecule has 1 aromatic carbocycles. The van der Waals surface area contributed by atoms with Gasteiger partial charge in [0, 0.05) is 21.7 Å². The molecule has 3 heterocycles. The second kappa shape index (κ2) is 4.52. The minimum atomic E-state index is 0.817. The molecule has 0 bridgehead atoms. The first-order chi connectivity index (χ1) is 9.24. The lowest BCUT2D eigenvalue weighted by Gasteiger charge is -2.14. The van der Waals surface area contributed by atoms with Crippen molar-refractivity contribution < 1.29 is 0 Å². The van der Waals surface area contributed by atoms with Crippen LogP contribution in [0.3, 0.4) is 0 Å². The normalized spacial score (nSPS) is 18.4. The van der Waals surface area contributed by atoms with Gasteiger partial charge >= 0.3 is 0 Å². The molecular weight excluding hydrogens is 364 g/mol. The molecule has 4 rings (SSSR count). The predicted molar refractivity (Wildman–Crippen MR) is 89.3 cm³/mol. The number of fused-ring (bicyclic) bond motifs is 2. The average Bonchev–Trinajstić information content (AvgIpc) is 3.02. The molecule has 6 heteroatoms. The van der Waals surface area contributed by atoms with Crippen LogP contribution in [0, 0.1) is 0 Å². The zero-order valence-electron chi connectivity index (χ0n) is 9.69. The summed E-state index contributed by atoms with van der Waals surface area (Å²) in [5, 5.41) is 3.05. The average molecular weight is 372 g/mol. The molecule has 0 saturated heterocycles. The van der Waals surface area contributed by atoms with Crippen LogP contribution < -0.4 is 0 Å². The highest BCUT2D eigenvalue weighted by Gasteiger charge is 2.32. The molecule has 2 aliphatic rings. The Balaban J connectivity index is 1.89. The van der Waals surface area contributed by atoms with Crippen LogP contribution in [0.2, 0.25) is 5.02 Å². The van der Waals surface area contributed by atoms with E-state index in [0.717, 1.165) is 32.5 Å². The van der Waals surface area contributed by atoms with Crippen LogP contribution in [0.1, 0.15) is 4.88 Å². The van der Waals surface area contributed by atoms with Crippen LogP contribution in [0.5, 0.6) is 0 Å². The van der Waals surface area contributed by atoms with Gasteiger partial charge in [0.2, 0.25) is 0 Å². The highest BCUT2D eigenvalue weighted by molar-refractivity contribution is 9.14. The number of thiophene rings is 1. The van der Waals surface area contributed by atoms with Crippen molar-refractivity contribution in [1.29, 1.82) is 0 Å². The summed E-state index contributed by atoms with van der Waals surface area (Å²) in [7, 11) is 0. The Labute approximate surface area is 132 Å². The predicted octanol–water partition coefficient (Wildman–Crippen LogP) is 4.99. The Morgan fingerprint density at radius 3 is 3.11 bits per heavy atom. The van der Waals surface area contributed by atoms with Crippen LogP contribution in [0.4, 0.5) is 0 Å². The molecule has 0 fully saturated rings. The lowest BCUT2D eigenvalue weighted by atomic mass is 10.2. The smallest absolute Gasteiger partial charge is 0.169 e. The van der Waals surface area contributed by atoms with E-state index in [1.807, 2.05) is 12.1 Å². The molecule has 2 nitrogen and oxygen atoms in total. The summed E-state index contributed by atoms with van der Waals surface area (Å²) < 4.78 is 2.37. The van der Waals surface area contributed by atoms with Crippen LogP contribution in [0.15, 0.2) is 33.1 Å². The molecule has 0 aliphatic carbocycles. The number of hydrogen-bond donors (Lipinski definition) is 0. The Morgan fingerprint density at radius 1 is 1.37 bits per heavy atom. The van der Waals surface area contributed by atoms with Gasteiger partial charge in [0.05, 0.1) is 20.9 Å².